The summed E-state index contributed by atoms with van der Waals surface area (Å²) < 4.78 is 5.22. The quantitative estimate of drug-likeness (QED) is 0.768. The molecule has 2 rings (SSSR count). The molecule has 4 heteroatoms. The van der Waals surface area contributed by atoms with Gasteiger partial charge in [0, 0.05) is 31.9 Å². The standard InChI is InChI=1S/C13H19ClN2O/c1-2-15-7-9-16(10-8-15)12-3-5-13(6-4-12)17-11-14/h3-6H,2,7-11H2,1H3. The predicted octanol–water partition coefficient (Wildman–Crippen LogP) is 2.40. The fourth-order valence-electron chi connectivity index (χ4n) is 2.14. The van der Waals surface area contributed by atoms with E-state index < -0.39 is 0 Å². The molecule has 1 aromatic carbocycles. The van der Waals surface area contributed by atoms with Crippen molar-refractivity contribution in [3.63, 3.8) is 0 Å². The van der Waals surface area contributed by atoms with E-state index in [9.17, 15) is 0 Å². The van der Waals surface area contributed by atoms with Gasteiger partial charge in [0.1, 0.15) is 5.75 Å². The average molecular weight is 255 g/mol. The summed E-state index contributed by atoms with van der Waals surface area (Å²) in [5.74, 6) is 0.830. The molecule has 0 aromatic heterocycles. The van der Waals surface area contributed by atoms with Gasteiger partial charge in [-0.2, -0.15) is 0 Å². The molecule has 0 radical (unpaired) electrons. The molecule has 1 fully saturated rings. The molecule has 17 heavy (non-hydrogen) atoms. The second-order valence-electron chi connectivity index (χ2n) is 4.17. The number of piperazine rings is 1. The van der Waals surface area contributed by atoms with Crippen LogP contribution in [-0.4, -0.2) is 43.7 Å². The van der Waals surface area contributed by atoms with Crippen molar-refractivity contribution in [1.29, 1.82) is 0 Å². The van der Waals surface area contributed by atoms with Crippen molar-refractivity contribution in [2.45, 2.75) is 6.92 Å². The first kappa shape index (κ1) is 12.5. The summed E-state index contributed by atoms with van der Waals surface area (Å²) in [6.45, 7) is 7.87. The molecule has 0 amide bonds. The number of nitrogens with zero attached hydrogens (tertiary/aromatic N) is 2. The first-order valence-electron chi connectivity index (χ1n) is 6.09. The molecule has 94 valence electrons. The van der Waals surface area contributed by atoms with Gasteiger partial charge in [-0.15, -0.1) is 0 Å². The van der Waals surface area contributed by atoms with E-state index in [0.717, 1.165) is 38.5 Å². The van der Waals surface area contributed by atoms with Gasteiger partial charge in [-0.25, -0.2) is 0 Å². The van der Waals surface area contributed by atoms with E-state index in [4.69, 9.17) is 16.3 Å². The van der Waals surface area contributed by atoms with Crippen molar-refractivity contribution >= 4 is 17.3 Å². The number of halogens is 1. The third-order valence-electron chi connectivity index (χ3n) is 3.24. The van der Waals surface area contributed by atoms with Crippen LogP contribution in [0.1, 0.15) is 6.92 Å². The number of benzene rings is 1. The summed E-state index contributed by atoms with van der Waals surface area (Å²) in [6.07, 6.45) is 0. The van der Waals surface area contributed by atoms with Crippen LogP contribution in [0, 0.1) is 0 Å². The maximum Gasteiger partial charge on any atom is 0.162 e. The zero-order valence-corrected chi connectivity index (χ0v) is 11.0. The highest BCUT2D eigenvalue weighted by atomic mass is 35.5. The van der Waals surface area contributed by atoms with E-state index in [0.29, 0.717) is 0 Å². The number of hydrogen-bond acceptors (Lipinski definition) is 3. The second-order valence-corrected chi connectivity index (χ2v) is 4.39. The molecule has 0 aliphatic carbocycles. The average Bonchev–Trinajstić information content (AvgIpc) is 2.40. The summed E-state index contributed by atoms with van der Waals surface area (Å²) in [5, 5.41) is 0. The Kier molecular flexibility index (Phi) is 4.51. The van der Waals surface area contributed by atoms with Crippen LogP contribution in [0.25, 0.3) is 0 Å². The Hall–Kier alpha value is -0.930. The van der Waals surface area contributed by atoms with Gasteiger partial charge in [0.2, 0.25) is 0 Å². The SMILES string of the molecule is CCN1CCN(c2ccc(OCCl)cc2)CC1. The van der Waals surface area contributed by atoms with Crippen molar-refractivity contribution in [1.82, 2.24) is 4.90 Å². The fraction of sp³-hybridized carbons (Fsp3) is 0.538. The molecule has 1 heterocycles. The monoisotopic (exact) mass is 254 g/mol. The molecule has 0 saturated carbocycles. The minimum atomic E-state index is 0.203. The molecule has 0 spiro atoms. The molecule has 0 unspecified atom stereocenters. The van der Waals surface area contributed by atoms with Gasteiger partial charge in [0.25, 0.3) is 0 Å². The third-order valence-corrected chi connectivity index (χ3v) is 3.35. The molecule has 3 nitrogen and oxygen atoms in total. The molecule has 1 aliphatic rings. The van der Waals surface area contributed by atoms with Crippen LogP contribution in [0.5, 0.6) is 5.75 Å². The lowest BCUT2D eigenvalue weighted by atomic mass is 10.2. The fourth-order valence-corrected chi connectivity index (χ4v) is 2.26. The number of likely N-dealkylation sites (N-methyl/N-ethyl adjacent to an activating group) is 1. The predicted molar refractivity (Wildman–Crippen MR) is 72.1 cm³/mol. The van der Waals surface area contributed by atoms with Crippen LogP contribution in [-0.2, 0) is 0 Å². The highest BCUT2D eigenvalue weighted by molar-refractivity contribution is 6.17. The molecule has 1 aromatic rings. The van der Waals surface area contributed by atoms with Crippen LogP contribution in [0.2, 0.25) is 0 Å². The van der Waals surface area contributed by atoms with Crippen LogP contribution in [0.4, 0.5) is 5.69 Å². The van der Waals surface area contributed by atoms with E-state index >= 15 is 0 Å². The van der Waals surface area contributed by atoms with Crippen LogP contribution in [0.15, 0.2) is 24.3 Å². The number of ether oxygens (including phenoxy) is 1. The third kappa shape index (κ3) is 3.27. The summed E-state index contributed by atoms with van der Waals surface area (Å²) in [5.41, 5.74) is 1.27. The summed E-state index contributed by atoms with van der Waals surface area (Å²) >= 11 is 5.52. The number of rotatable bonds is 4. The Morgan fingerprint density at radius 2 is 1.76 bits per heavy atom. The van der Waals surface area contributed by atoms with Gasteiger partial charge in [-0.05, 0) is 30.8 Å². The van der Waals surface area contributed by atoms with Crippen molar-refractivity contribution in [2.75, 3.05) is 43.7 Å². The highest BCUT2D eigenvalue weighted by Crippen LogP contribution is 2.20. The van der Waals surface area contributed by atoms with E-state index in [-0.39, 0.29) is 6.07 Å². The summed E-state index contributed by atoms with van der Waals surface area (Å²) in [7, 11) is 0. The minimum Gasteiger partial charge on any atom is -0.478 e. The lowest BCUT2D eigenvalue weighted by molar-refractivity contribution is 0.271. The number of hydrogen-bond donors (Lipinski definition) is 0. The topological polar surface area (TPSA) is 15.7 Å². The van der Waals surface area contributed by atoms with Gasteiger partial charge in [-0.1, -0.05) is 18.5 Å². The van der Waals surface area contributed by atoms with Gasteiger partial charge in [0.05, 0.1) is 0 Å². The molecular weight excluding hydrogens is 236 g/mol. The molecule has 0 atom stereocenters. The van der Waals surface area contributed by atoms with E-state index in [1.54, 1.807) is 0 Å². The van der Waals surface area contributed by atoms with E-state index in [2.05, 4.69) is 28.9 Å². The van der Waals surface area contributed by atoms with E-state index in [1.165, 1.54) is 5.69 Å². The molecular formula is C13H19ClN2O. The first-order valence-corrected chi connectivity index (χ1v) is 6.63. The Balaban J connectivity index is 1.94. The normalized spacial score (nSPS) is 17.2. The maximum atomic E-state index is 5.52. The van der Waals surface area contributed by atoms with Crippen LogP contribution >= 0.6 is 11.6 Å². The zero-order chi connectivity index (χ0) is 12.1. The summed E-state index contributed by atoms with van der Waals surface area (Å²) in [4.78, 5) is 4.89. The van der Waals surface area contributed by atoms with Crippen LogP contribution in [0.3, 0.4) is 0 Å². The second kappa shape index (κ2) is 6.12. The minimum absolute atomic E-state index is 0.203. The van der Waals surface area contributed by atoms with Crippen molar-refractivity contribution in [3.8, 4) is 5.75 Å². The molecule has 1 aliphatic heterocycles. The van der Waals surface area contributed by atoms with Gasteiger partial charge >= 0.3 is 0 Å². The summed E-state index contributed by atoms with van der Waals surface area (Å²) in [6, 6.07) is 8.36. The Morgan fingerprint density at radius 1 is 1.12 bits per heavy atom. The molecule has 1 saturated heterocycles. The zero-order valence-electron chi connectivity index (χ0n) is 10.2. The smallest absolute Gasteiger partial charge is 0.162 e. The molecule has 0 bridgehead atoms. The van der Waals surface area contributed by atoms with E-state index in [1.807, 2.05) is 12.1 Å². The van der Waals surface area contributed by atoms with Crippen LogP contribution < -0.4 is 9.64 Å². The van der Waals surface area contributed by atoms with Crippen molar-refractivity contribution < 1.29 is 4.74 Å². The Morgan fingerprint density at radius 3 is 2.29 bits per heavy atom. The largest absolute Gasteiger partial charge is 0.478 e. The highest BCUT2D eigenvalue weighted by Gasteiger charge is 2.15. The van der Waals surface area contributed by atoms with Gasteiger partial charge < -0.3 is 14.5 Å². The van der Waals surface area contributed by atoms with Crippen molar-refractivity contribution in [3.05, 3.63) is 24.3 Å². The Labute approximate surface area is 108 Å². The number of anilines is 1. The Bertz CT molecular complexity index is 334. The lowest BCUT2D eigenvalue weighted by Crippen LogP contribution is -2.46. The first-order chi connectivity index (χ1) is 8.33. The number of alkyl halides is 1. The lowest BCUT2D eigenvalue weighted by Gasteiger charge is -2.35. The van der Waals surface area contributed by atoms with Gasteiger partial charge in [0.15, 0.2) is 6.07 Å². The maximum absolute atomic E-state index is 5.52. The van der Waals surface area contributed by atoms with Crippen molar-refractivity contribution in [2.24, 2.45) is 0 Å². The van der Waals surface area contributed by atoms with Gasteiger partial charge in [-0.3, -0.25) is 0 Å². The molecule has 0 N–H and O–H groups in total.